The van der Waals surface area contributed by atoms with Crippen LogP contribution in [0.1, 0.15) is 36.0 Å². The number of carbonyl (C=O) groups is 1. The summed E-state index contributed by atoms with van der Waals surface area (Å²) in [6.45, 7) is 0.186. The maximum absolute atomic E-state index is 13.1. The molecule has 0 aliphatic carbocycles. The molecule has 2 aromatic rings. The van der Waals surface area contributed by atoms with Gasteiger partial charge in [0.15, 0.2) is 0 Å². The third-order valence-electron chi connectivity index (χ3n) is 5.45. The number of ether oxygens (including phenoxy) is 1. The second kappa shape index (κ2) is 7.75. The van der Waals surface area contributed by atoms with Gasteiger partial charge in [0, 0.05) is 11.1 Å². The SMILES string of the molecule is O=C(OCc1ccccc1)N1C2C=C(c3cc(C(F)(F)F)ccc3Cl)CC1CC2. The van der Waals surface area contributed by atoms with Gasteiger partial charge in [0.1, 0.15) is 6.61 Å². The third kappa shape index (κ3) is 4.13. The minimum Gasteiger partial charge on any atom is -0.445 e. The van der Waals surface area contributed by atoms with E-state index in [0.717, 1.165) is 36.1 Å². The van der Waals surface area contributed by atoms with E-state index in [9.17, 15) is 18.0 Å². The number of carbonyl (C=O) groups excluding carboxylic acids is 1. The van der Waals surface area contributed by atoms with Crippen LogP contribution in [-0.2, 0) is 17.5 Å². The van der Waals surface area contributed by atoms with Crippen molar-refractivity contribution in [3.63, 3.8) is 0 Å². The number of alkyl halides is 3. The zero-order valence-electron chi connectivity index (χ0n) is 15.5. The smallest absolute Gasteiger partial charge is 0.416 e. The van der Waals surface area contributed by atoms with Crippen molar-refractivity contribution in [2.75, 3.05) is 0 Å². The average molecular weight is 422 g/mol. The summed E-state index contributed by atoms with van der Waals surface area (Å²) in [5.41, 5.74) is 1.31. The molecule has 0 aromatic heterocycles. The van der Waals surface area contributed by atoms with E-state index in [2.05, 4.69) is 0 Å². The monoisotopic (exact) mass is 421 g/mol. The van der Waals surface area contributed by atoms with E-state index in [0.29, 0.717) is 12.0 Å². The van der Waals surface area contributed by atoms with Crippen LogP contribution >= 0.6 is 11.6 Å². The van der Waals surface area contributed by atoms with Gasteiger partial charge in [-0.15, -0.1) is 0 Å². The summed E-state index contributed by atoms with van der Waals surface area (Å²) in [5, 5.41) is 0.281. The molecule has 2 aliphatic rings. The molecule has 2 aliphatic heterocycles. The summed E-state index contributed by atoms with van der Waals surface area (Å²) in [4.78, 5) is 14.3. The first-order chi connectivity index (χ1) is 13.8. The van der Waals surface area contributed by atoms with Gasteiger partial charge in [-0.3, -0.25) is 4.90 Å². The Kier molecular flexibility index (Phi) is 5.30. The zero-order chi connectivity index (χ0) is 20.6. The molecule has 0 saturated carbocycles. The fraction of sp³-hybridized carbons (Fsp3) is 0.318. The number of hydrogen-bond donors (Lipinski definition) is 0. The number of rotatable bonds is 3. The standard InChI is InChI=1S/C22H19ClF3NO2/c23-20-9-6-16(22(24,25)26)12-19(20)15-10-17-7-8-18(11-15)27(17)21(28)29-13-14-4-2-1-3-5-14/h1-6,9-10,12,17-18H,7-8,11,13H2. The highest BCUT2D eigenvalue weighted by molar-refractivity contribution is 6.32. The lowest BCUT2D eigenvalue weighted by molar-refractivity contribution is -0.137. The molecule has 1 fully saturated rings. The lowest BCUT2D eigenvalue weighted by atomic mass is 9.93. The van der Waals surface area contributed by atoms with Crippen molar-refractivity contribution in [2.45, 2.75) is 44.1 Å². The molecule has 2 bridgehead atoms. The van der Waals surface area contributed by atoms with Crippen LogP contribution in [-0.4, -0.2) is 23.1 Å². The molecule has 0 radical (unpaired) electrons. The summed E-state index contributed by atoms with van der Waals surface area (Å²) in [6, 6.07) is 12.5. The van der Waals surface area contributed by atoms with Gasteiger partial charge in [0.2, 0.25) is 0 Å². The maximum Gasteiger partial charge on any atom is 0.416 e. The summed E-state index contributed by atoms with van der Waals surface area (Å²) >= 11 is 6.20. The molecule has 152 valence electrons. The van der Waals surface area contributed by atoms with E-state index >= 15 is 0 Å². The molecule has 4 rings (SSSR count). The van der Waals surface area contributed by atoms with Crippen molar-refractivity contribution in [1.29, 1.82) is 0 Å². The highest BCUT2D eigenvalue weighted by atomic mass is 35.5. The number of hydrogen-bond acceptors (Lipinski definition) is 2. The molecule has 2 unspecified atom stereocenters. The Bertz CT molecular complexity index is 943. The van der Waals surface area contributed by atoms with Crippen molar-refractivity contribution in [1.82, 2.24) is 4.90 Å². The lowest BCUT2D eigenvalue weighted by Crippen LogP contribution is -2.43. The summed E-state index contributed by atoms with van der Waals surface area (Å²) in [7, 11) is 0. The fourth-order valence-electron chi connectivity index (χ4n) is 4.06. The zero-order valence-corrected chi connectivity index (χ0v) is 16.2. The van der Waals surface area contributed by atoms with E-state index in [4.69, 9.17) is 16.3 Å². The van der Waals surface area contributed by atoms with Gasteiger partial charge in [-0.2, -0.15) is 13.2 Å². The molecule has 2 aromatic carbocycles. The molecule has 0 spiro atoms. The van der Waals surface area contributed by atoms with E-state index in [1.54, 1.807) is 4.90 Å². The van der Waals surface area contributed by atoms with Gasteiger partial charge in [-0.05, 0) is 54.2 Å². The Morgan fingerprint density at radius 1 is 1.14 bits per heavy atom. The van der Waals surface area contributed by atoms with Crippen molar-refractivity contribution in [3.05, 3.63) is 76.3 Å². The van der Waals surface area contributed by atoms with Gasteiger partial charge in [0.25, 0.3) is 0 Å². The molecule has 2 atom stereocenters. The van der Waals surface area contributed by atoms with E-state index < -0.39 is 17.8 Å². The van der Waals surface area contributed by atoms with E-state index in [-0.39, 0.29) is 23.7 Å². The number of nitrogens with zero attached hydrogens (tertiary/aromatic N) is 1. The Morgan fingerprint density at radius 3 is 2.59 bits per heavy atom. The molecule has 0 N–H and O–H groups in total. The fourth-order valence-corrected chi connectivity index (χ4v) is 4.29. The summed E-state index contributed by atoms with van der Waals surface area (Å²) in [5.74, 6) is 0. The first-order valence-corrected chi connectivity index (χ1v) is 9.77. The second-order valence-electron chi connectivity index (χ2n) is 7.33. The molecule has 2 heterocycles. The van der Waals surface area contributed by atoms with Crippen LogP contribution in [0.3, 0.4) is 0 Å². The molecule has 3 nitrogen and oxygen atoms in total. The predicted molar refractivity (Wildman–Crippen MR) is 104 cm³/mol. The maximum atomic E-state index is 13.1. The van der Waals surface area contributed by atoms with Crippen LogP contribution in [0.15, 0.2) is 54.6 Å². The topological polar surface area (TPSA) is 29.5 Å². The van der Waals surface area contributed by atoms with Crippen LogP contribution in [0.2, 0.25) is 5.02 Å². The quantitative estimate of drug-likeness (QED) is 0.580. The number of benzene rings is 2. The predicted octanol–water partition coefficient (Wildman–Crippen LogP) is 6.32. The Morgan fingerprint density at radius 2 is 1.90 bits per heavy atom. The Labute approximate surface area is 171 Å². The van der Waals surface area contributed by atoms with E-state index in [1.165, 1.54) is 6.07 Å². The van der Waals surface area contributed by atoms with Crippen LogP contribution in [0.4, 0.5) is 18.0 Å². The Hall–Kier alpha value is -2.47. The van der Waals surface area contributed by atoms with Crippen molar-refractivity contribution < 1.29 is 22.7 Å². The van der Waals surface area contributed by atoms with Crippen molar-refractivity contribution >= 4 is 23.3 Å². The van der Waals surface area contributed by atoms with Gasteiger partial charge < -0.3 is 4.74 Å². The first-order valence-electron chi connectivity index (χ1n) is 9.40. The molecular formula is C22H19ClF3NO2. The highest BCUT2D eigenvalue weighted by Crippen LogP contribution is 2.42. The van der Waals surface area contributed by atoms with Crippen LogP contribution in [0.25, 0.3) is 5.57 Å². The molecular weight excluding hydrogens is 403 g/mol. The minimum atomic E-state index is -4.43. The number of fused-ring (bicyclic) bond motifs is 2. The van der Waals surface area contributed by atoms with Crippen LogP contribution < -0.4 is 0 Å². The lowest BCUT2D eigenvalue weighted by Gasteiger charge is -2.33. The van der Waals surface area contributed by atoms with Crippen molar-refractivity contribution in [3.8, 4) is 0 Å². The number of halogens is 4. The first kappa shape index (κ1) is 19.8. The molecule has 7 heteroatoms. The molecule has 1 amide bonds. The normalized spacial score (nSPS) is 21.1. The molecule has 29 heavy (non-hydrogen) atoms. The van der Waals surface area contributed by atoms with Gasteiger partial charge in [-0.1, -0.05) is 48.0 Å². The average Bonchev–Trinajstić information content (AvgIpc) is 2.96. The van der Waals surface area contributed by atoms with E-state index in [1.807, 2.05) is 36.4 Å². The van der Waals surface area contributed by atoms with Gasteiger partial charge in [0.05, 0.1) is 11.6 Å². The second-order valence-corrected chi connectivity index (χ2v) is 7.74. The number of amides is 1. The van der Waals surface area contributed by atoms with Crippen LogP contribution in [0, 0.1) is 0 Å². The van der Waals surface area contributed by atoms with Gasteiger partial charge in [-0.25, -0.2) is 4.79 Å². The largest absolute Gasteiger partial charge is 0.445 e. The third-order valence-corrected chi connectivity index (χ3v) is 5.78. The summed E-state index contributed by atoms with van der Waals surface area (Å²) < 4.78 is 44.7. The van der Waals surface area contributed by atoms with Crippen LogP contribution in [0.5, 0.6) is 0 Å². The van der Waals surface area contributed by atoms with Gasteiger partial charge >= 0.3 is 12.3 Å². The Balaban J connectivity index is 1.52. The summed E-state index contributed by atoms with van der Waals surface area (Å²) in [6.07, 6.45) is -0.980. The molecule has 1 saturated heterocycles. The highest BCUT2D eigenvalue weighted by Gasteiger charge is 2.41. The van der Waals surface area contributed by atoms with Crippen molar-refractivity contribution in [2.24, 2.45) is 0 Å². The minimum absolute atomic E-state index is 0.103.